The first-order valence-corrected chi connectivity index (χ1v) is 12.3. The fraction of sp³-hybridized carbons (Fsp3) is 0.292. The molecule has 1 amide bonds. The molecule has 1 saturated heterocycles. The first-order chi connectivity index (χ1) is 15.9. The van der Waals surface area contributed by atoms with Gasteiger partial charge in [0.15, 0.2) is 0 Å². The second kappa shape index (κ2) is 7.75. The Labute approximate surface area is 203 Å². The number of furan rings is 1. The lowest BCUT2D eigenvalue weighted by molar-refractivity contribution is -0.124. The Morgan fingerprint density at radius 1 is 1.15 bits per heavy atom. The third-order valence-electron chi connectivity index (χ3n) is 6.84. The maximum atomic E-state index is 13.1. The quantitative estimate of drug-likeness (QED) is 0.277. The van der Waals surface area contributed by atoms with Gasteiger partial charge in [0.05, 0.1) is 10.3 Å². The number of carbonyl (C=O) groups is 1. The minimum Gasteiger partial charge on any atom is -0.506 e. The lowest BCUT2D eigenvalue weighted by atomic mass is 9.94. The van der Waals surface area contributed by atoms with Gasteiger partial charge in [-0.1, -0.05) is 42.0 Å². The summed E-state index contributed by atoms with van der Waals surface area (Å²) in [5, 5.41) is 11.4. The minimum absolute atomic E-state index is 0.0943. The van der Waals surface area contributed by atoms with Gasteiger partial charge in [-0.3, -0.25) is 9.69 Å². The number of thiocarbonyl (C=S) groups is 1. The number of hydrogen-bond donors (Lipinski definition) is 1. The number of aromatic hydroxyl groups is 1. The molecule has 3 aliphatic rings. The van der Waals surface area contributed by atoms with E-state index >= 15 is 0 Å². The van der Waals surface area contributed by atoms with Crippen LogP contribution in [-0.2, 0) is 4.79 Å². The number of amides is 1. The monoisotopic (exact) mass is 499 g/mol. The van der Waals surface area contributed by atoms with Crippen molar-refractivity contribution in [2.24, 2.45) is 11.8 Å². The van der Waals surface area contributed by atoms with E-state index in [-0.39, 0.29) is 34.6 Å². The molecule has 1 aromatic carbocycles. The average Bonchev–Trinajstić information content (AvgIpc) is 3.55. The zero-order valence-electron chi connectivity index (χ0n) is 17.2. The lowest BCUT2D eigenvalue weighted by Crippen LogP contribution is -2.41. The van der Waals surface area contributed by atoms with Crippen LogP contribution in [0.5, 0.6) is 5.75 Å². The van der Waals surface area contributed by atoms with E-state index in [1.165, 1.54) is 36.7 Å². The van der Waals surface area contributed by atoms with Gasteiger partial charge in [-0.15, -0.1) is 0 Å². The number of halogens is 1. The Bertz CT molecular complexity index is 1420. The summed E-state index contributed by atoms with van der Waals surface area (Å²) in [6, 6.07) is 8.01. The molecule has 0 radical (unpaired) electrons. The van der Waals surface area contributed by atoms with Gasteiger partial charge in [-0.2, -0.15) is 0 Å². The largest absolute Gasteiger partial charge is 0.506 e. The zero-order chi connectivity index (χ0) is 22.9. The number of thioether (sulfide) groups is 1. The van der Waals surface area contributed by atoms with Crippen LogP contribution in [0.15, 0.2) is 48.9 Å². The van der Waals surface area contributed by atoms with Crippen molar-refractivity contribution in [2.75, 3.05) is 0 Å². The molecule has 3 unspecified atom stereocenters. The number of rotatable bonds is 3. The lowest BCUT2D eigenvalue weighted by Gasteiger charge is -2.30. The molecule has 6 nitrogen and oxygen atoms in total. The van der Waals surface area contributed by atoms with Crippen molar-refractivity contribution in [3.05, 3.63) is 56.4 Å². The van der Waals surface area contributed by atoms with Crippen molar-refractivity contribution >= 4 is 62.9 Å². The maximum absolute atomic E-state index is 13.1. The van der Waals surface area contributed by atoms with Gasteiger partial charge in [0.1, 0.15) is 32.7 Å². The van der Waals surface area contributed by atoms with Crippen LogP contribution in [0.2, 0.25) is 5.02 Å². The standard InChI is InChI=1S/C24H18ClNO5S2/c25-13-3-5-17-15(9-13)21(27)20(23(29)31-17)18-6-4-14(30-18)10-19-22(28)26(24(32)33-19)16-8-11-1-2-12(16)7-11/h3-6,9-12,16,27H,1-2,7-8H2/b19-10-. The Hall–Kier alpha value is -2.55. The van der Waals surface area contributed by atoms with E-state index in [1.807, 2.05) is 0 Å². The normalized spacial score (nSPS) is 25.8. The molecule has 2 saturated carbocycles. The topological polar surface area (TPSA) is 83.9 Å². The third-order valence-corrected chi connectivity index (χ3v) is 8.41. The molecule has 3 heterocycles. The van der Waals surface area contributed by atoms with Crippen LogP contribution < -0.4 is 5.63 Å². The summed E-state index contributed by atoms with van der Waals surface area (Å²) in [5.74, 6) is 1.39. The number of nitrogens with zero attached hydrogens (tertiary/aromatic N) is 1. The Balaban J connectivity index is 1.32. The van der Waals surface area contributed by atoms with Crippen LogP contribution in [0.25, 0.3) is 28.4 Å². The van der Waals surface area contributed by atoms with Crippen molar-refractivity contribution < 1.29 is 18.7 Å². The summed E-state index contributed by atoms with van der Waals surface area (Å²) in [6.07, 6.45) is 6.26. The van der Waals surface area contributed by atoms with Gasteiger partial charge >= 0.3 is 5.63 Å². The molecule has 1 aliphatic heterocycles. The maximum Gasteiger partial charge on any atom is 0.351 e. The van der Waals surface area contributed by atoms with E-state index in [2.05, 4.69) is 0 Å². The number of hydrogen-bond acceptors (Lipinski definition) is 7. The van der Waals surface area contributed by atoms with E-state index in [0.29, 0.717) is 37.2 Å². The molecule has 6 rings (SSSR count). The van der Waals surface area contributed by atoms with Crippen molar-refractivity contribution in [1.82, 2.24) is 4.90 Å². The predicted octanol–water partition coefficient (Wildman–Crippen LogP) is 5.80. The molecular weight excluding hydrogens is 482 g/mol. The van der Waals surface area contributed by atoms with Gasteiger partial charge < -0.3 is 13.9 Å². The van der Waals surface area contributed by atoms with E-state index in [4.69, 9.17) is 32.7 Å². The highest BCUT2D eigenvalue weighted by atomic mass is 35.5. The number of fused-ring (bicyclic) bond motifs is 3. The highest BCUT2D eigenvalue weighted by Gasteiger charge is 2.48. The predicted molar refractivity (Wildman–Crippen MR) is 131 cm³/mol. The third kappa shape index (κ3) is 3.43. The smallest absolute Gasteiger partial charge is 0.351 e. The molecule has 3 fully saturated rings. The number of benzene rings is 1. The summed E-state index contributed by atoms with van der Waals surface area (Å²) in [7, 11) is 0. The number of carbonyl (C=O) groups excluding carboxylic acids is 1. The van der Waals surface area contributed by atoms with Crippen LogP contribution in [0.4, 0.5) is 0 Å². The molecule has 3 atom stereocenters. The van der Waals surface area contributed by atoms with E-state index in [0.717, 1.165) is 12.8 Å². The molecule has 33 heavy (non-hydrogen) atoms. The Kier molecular flexibility index (Phi) is 4.94. The van der Waals surface area contributed by atoms with Gasteiger partial charge in [0.2, 0.25) is 0 Å². The zero-order valence-corrected chi connectivity index (χ0v) is 19.6. The summed E-state index contributed by atoms with van der Waals surface area (Å²) in [5.41, 5.74) is -0.605. The van der Waals surface area contributed by atoms with Crippen molar-refractivity contribution in [1.29, 1.82) is 0 Å². The summed E-state index contributed by atoms with van der Waals surface area (Å²) in [6.45, 7) is 0. The Morgan fingerprint density at radius 2 is 2.00 bits per heavy atom. The van der Waals surface area contributed by atoms with Crippen LogP contribution >= 0.6 is 35.6 Å². The molecule has 1 N–H and O–H groups in total. The fourth-order valence-electron chi connectivity index (χ4n) is 5.36. The second-order valence-electron chi connectivity index (χ2n) is 8.75. The molecule has 2 aliphatic carbocycles. The van der Waals surface area contributed by atoms with Crippen molar-refractivity contribution in [3.8, 4) is 17.1 Å². The molecule has 9 heteroatoms. The van der Waals surface area contributed by atoms with Crippen molar-refractivity contribution in [2.45, 2.75) is 31.7 Å². The summed E-state index contributed by atoms with van der Waals surface area (Å²) in [4.78, 5) is 27.9. The molecule has 168 valence electrons. The van der Waals surface area contributed by atoms with E-state index < -0.39 is 5.63 Å². The average molecular weight is 500 g/mol. The SMILES string of the molecule is O=C1/C(=C/c2ccc(-c3c(O)c4cc(Cl)ccc4oc3=O)o2)SC(=S)N1C1CC2CCC1C2. The summed E-state index contributed by atoms with van der Waals surface area (Å²) < 4.78 is 11.7. The molecule has 2 aromatic heterocycles. The molecular formula is C24H18ClNO5S2. The Morgan fingerprint density at radius 3 is 2.76 bits per heavy atom. The fourth-order valence-corrected chi connectivity index (χ4v) is 6.89. The van der Waals surface area contributed by atoms with Gasteiger partial charge in [0, 0.05) is 17.1 Å². The highest BCUT2D eigenvalue weighted by Crippen LogP contribution is 2.49. The minimum atomic E-state index is -0.731. The highest BCUT2D eigenvalue weighted by molar-refractivity contribution is 8.26. The van der Waals surface area contributed by atoms with Gasteiger partial charge in [-0.25, -0.2) is 4.79 Å². The summed E-state index contributed by atoms with van der Waals surface area (Å²) >= 11 is 12.8. The molecule has 3 aromatic rings. The van der Waals surface area contributed by atoms with E-state index in [9.17, 15) is 14.7 Å². The van der Waals surface area contributed by atoms with E-state index in [1.54, 1.807) is 29.2 Å². The molecule has 2 bridgehead atoms. The van der Waals surface area contributed by atoms with Gasteiger partial charge in [0.25, 0.3) is 5.91 Å². The van der Waals surface area contributed by atoms with Gasteiger partial charge in [-0.05, 0) is 61.4 Å². The van der Waals surface area contributed by atoms with Crippen LogP contribution in [0.1, 0.15) is 31.4 Å². The second-order valence-corrected chi connectivity index (χ2v) is 10.9. The first kappa shape index (κ1) is 21.0. The van der Waals surface area contributed by atoms with Crippen LogP contribution in [0.3, 0.4) is 0 Å². The van der Waals surface area contributed by atoms with Crippen molar-refractivity contribution in [3.63, 3.8) is 0 Å². The van der Waals surface area contributed by atoms with Crippen LogP contribution in [-0.4, -0.2) is 26.3 Å². The van der Waals surface area contributed by atoms with Crippen LogP contribution in [0, 0.1) is 11.8 Å². The molecule has 0 spiro atoms. The first-order valence-electron chi connectivity index (χ1n) is 10.7.